The maximum Gasteiger partial charge on any atom is 0.126 e. The van der Waals surface area contributed by atoms with Gasteiger partial charge in [0.15, 0.2) is 0 Å². The van der Waals surface area contributed by atoms with E-state index >= 15 is 0 Å². The Morgan fingerprint density at radius 3 is 2.42 bits per heavy atom. The van der Waals surface area contributed by atoms with Gasteiger partial charge in [-0.2, -0.15) is 0 Å². The van der Waals surface area contributed by atoms with Crippen LogP contribution < -0.4 is 0 Å². The molecule has 0 amide bonds. The van der Waals surface area contributed by atoms with E-state index in [4.69, 9.17) is 4.74 Å². The molecule has 0 spiro atoms. The highest BCUT2D eigenvalue weighted by atomic mass is 19.1. The summed E-state index contributed by atoms with van der Waals surface area (Å²) in [5.41, 5.74) is 1.94. The third kappa shape index (κ3) is 4.18. The molecule has 0 bridgehead atoms. The van der Waals surface area contributed by atoms with E-state index in [0.29, 0.717) is 13.2 Å². The van der Waals surface area contributed by atoms with Crippen LogP contribution in [0.5, 0.6) is 0 Å². The molecule has 2 rings (SSSR count). The van der Waals surface area contributed by atoms with Gasteiger partial charge in [-0.15, -0.1) is 0 Å². The van der Waals surface area contributed by atoms with Gasteiger partial charge in [0.05, 0.1) is 6.61 Å². The molecule has 0 saturated heterocycles. The maximum atomic E-state index is 13.6. The third-order valence-electron chi connectivity index (χ3n) is 3.24. The molecule has 0 N–H and O–H groups in total. The van der Waals surface area contributed by atoms with E-state index < -0.39 is 0 Å². The minimum Gasteiger partial charge on any atom is -0.377 e. The van der Waals surface area contributed by atoms with Gasteiger partial charge in [0.2, 0.25) is 0 Å². The first-order valence-corrected chi connectivity index (χ1v) is 6.63. The highest BCUT2D eigenvalue weighted by Gasteiger charge is 2.09. The fraction of sp³-hybridized carbons (Fsp3) is 0.294. The van der Waals surface area contributed by atoms with Crippen molar-refractivity contribution in [2.45, 2.75) is 25.9 Å². The average Bonchev–Trinajstić information content (AvgIpc) is 2.45. The lowest BCUT2D eigenvalue weighted by Crippen LogP contribution is -2.03. The molecule has 0 radical (unpaired) electrons. The summed E-state index contributed by atoms with van der Waals surface area (Å²) in [6, 6.07) is 17.0. The molecule has 0 saturated carbocycles. The molecule has 0 aliphatic carbocycles. The second kappa shape index (κ2) is 7.05. The van der Waals surface area contributed by atoms with Crippen molar-refractivity contribution in [1.82, 2.24) is 0 Å². The predicted octanol–water partition coefficient (Wildman–Crippen LogP) is 4.54. The Morgan fingerprint density at radius 2 is 1.68 bits per heavy atom. The third-order valence-corrected chi connectivity index (χ3v) is 3.24. The molecule has 0 heterocycles. The minimum atomic E-state index is -0.127. The molecule has 2 heteroatoms. The number of rotatable bonds is 6. The number of ether oxygens (including phenoxy) is 1. The standard InChI is InChI=1S/C17H19FO/c1-14(16-9-5-6-10-17(16)18)11-12-19-13-15-7-3-2-4-8-15/h2-10,14H,11-13H2,1H3. The van der Waals surface area contributed by atoms with E-state index in [-0.39, 0.29) is 11.7 Å². The summed E-state index contributed by atoms with van der Waals surface area (Å²) in [7, 11) is 0. The van der Waals surface area contributed by atoms with Crippen molar-refractivity contribution in [1.29, 1.82) is 0 Å². The van der Waals surface area contributed by atoms with Gasteiger partial charge in [-0.25, -0.2) is 4.39 Å². The van der Waals surface area contributed by atoms with Gasteiger partial charge in [0, 0.05) is 6.61 Å². The van der Waals surface area contributed by atoms with Gasteiger partial charge in [-0.3, -0.25) is 0 Å². The maximum absolute atomic E-state index is 13.6. The van der Waals surface area contributed by atoms with Crippen molar-refractivity contribution in [3.05, 3.63) is 71.5 Å². The second-order valence-corrected chi connectivity index (χ2v) is 4.75. The van der Waals surface area contributed by atoms with Crippen molar-refractivity contribution in [2.75, 3.05) is 6.61 Å². The largest absolute Gasteiger partial charge is 0.377 e. The fourth-order valence-corrected chi connectivity index (χ4v) is 2.05. The van der Waals surface area contributed by atoms with Crippen LogP contribution in [0.15, 0.2) is 54.6 Å². The summed E-state index contributed by atoms with van der Waals surface area (Å²) in [6.07, 6.45) is 0.827. The quantitative estimate of drug-likeness (QED) is 0.691. The van der Waals surface area contributed by atoms with Crippen LogP contribution >= 0.6 is 0 Å². The van der Waals surface area contributed by atoms with Crippen LogP contribution in [0.1, 0.15) is 30.4 Å². The van der Waals surface area contributed by atoms with E-state index in [2.05, 4.69) is 0 Å². The van der Waals surface area contributed by atoms with Crippen molar-refractivity contribution >= 4 is 0 Å². The lowest BCUT2D eigenvalue weighted by Gasteiger charge is -2.13. The van der Waals surface area contributed by atoms with Gasteiger partial charge >= 0.3 is 0 Å². The topological polar surface area (TPSA) is 9.23 Å². The second-order valence-electron chi connectivity index (χ2n) is 4.75. The first-order valence-electron chi connectivity index (χ1n) is 6.63. The van der Waals surface area contributed by atoms with Crippen LogP contribution in [0.2, 0.25) is 0 Å². The predicted molar refractivity (Wildman–Crippen MR) is 75.5 cm³/mol. The fourth-order valence-electron chi connectivity index (χ4n) is 2.05. The zero-order valence-corrected chi connectivity index (χ0v) is 11.2. The SMILES string of the molecule is CC(CCOCc1ccccc1)c1ccccc1F. The molecule has 0 aliphatic rings. The van der Waals surface area contributed by atoms with E-state index in [1.54, 1.807) is 6.07 Å². The Balaban J connectivity index is 1.76. The molecule has 0 fully saturated rings. The Labute approximate surface area is 114 Å². The lowest BCUT2D eigenvalue weighted by molar-refractivity contribution is 0.114. The van der Waals surface area contributed by atoms with E-state index in [1.165, 1.54) is 11.6 Å². The van der Waals surface area contributed by atoms with Crippen LogP contribution in [0.25, 0.3) is 0 Å². The molecule has 19 heavy (non-hydrogen) atoms. The summed E-state index contributed by atoms with van der Waals surface area (Å²) in [6.45, 7) is 3.29. The van der Waals surface area contributed by atoms with Crippen LogP contribution in [-0.4, -0.2) is 6.61 Å². The van der Waals surface area contributed by atoms with E-state index in [9.17, 15) is 4.39 Å². The normalized spacial score (nSPS) is 12.3. The molecular weight excluding hydrogens is 239 g/mol. The zero-order valence-electron chi connectivity index (χ0n) is 11.2. The summed E-state index contributed by atoms with van der Waals surface area (Å²) in [5.74, 6) is 0.0510. The molecule has 0 aromatic heterocycles. The van der Waals surface area contributed by atoms with Crippen molar-refractivity contribution in [2.24, 2.45) is 0 Å². The number of halogens is 1. The van der Waals surface area contributed by atoms with Crippen molar-refractivity contribution < 1.29 is 9.13 Å². The van der Waals surface area contributed by atoms with E-state index in [0.717, 1.165) is 12.0 Å². The zero-order chi connectivity index (χ0) is 13.5. The lowest BCUT2D eigenvalue weighted by atomic mass is 9.98. The van der Waals surface area contributed by atoms with Gasteiger partial charge in [0.25, 0.3) is 0 Å². The molecule has 100 valence electrons. The van der Waals surface area contributed by atoms with Crippen LogP contribution in [0.3, 0.4) is 0 Å². The van der Waals surface area contributed by atoms with Gasteiger partial charge in [0.1, 0.15) is 5.82 Å². The Hall–Kier alpha value is -1.67. The molecule has 1 unspecified atom stereocenters. The molecule has 2 aromatic rings. The smallest absolute Gasteiger partial charge is 0.126 e. The van der Waals surface area contributed by atoms with Crippen LogP contribution in [0, 0.1) is 5.82 Å². The minimum absolute atomic E-state index is 0.127. The molecule has 2 aromatic carbocycles. The van der Waals surface area contributed by atoms with Crippen LogP contribution in [-0.2, 0) is 11.3 Å². The summed E-state index contributed by atoms with van der Waals surface area (Å²) >= 11 is 0. The van der Waals surface area contributed by atoms with Crippen molar-refractivity contribution in [3.8, 4) is 0 Å². The Kier molecular flexibility index (Phi) is 5.10. The summed E-state index contributed by atoms with van der Waals surface area (Å²) in [4.78, 5) is 0. The number of hydrogen-bond donors (Lipinski definition) is 0. The monoisotopic (exact) mass is 258 g/mol. The average molecular weight is 258 g/mol. The molecule has 0 aliphatic heterocycles. The Morgan fingerprint density at radius 1 is 1.00 bits per heavy atom. The number of benzene rings is 2. The van der Waals surface area contributed by atoms with Gasteiger partial charge < -0.3 is 4.74 Å². The molecule has 1 atom stereocenters. The first kappa shape index (κ1) is 13.8. The van der Waals surface area contributed by atoms with Gasteiger partial charge in [-0.05, 0) is 29.5 Å². The van der Waals surface area contributed by atoms with E-state index in [1.807, 2.05) is 49.4 Å². The van der Waals surface area contributed by atoms with Crippen molar-refractivity contribution in [3.63, 3.8) is 0 Å². The highest BCUT2D eigenvalue weighted by molar-refractivity contribution is 5.21. The highest BCUT2D eigenvalue weighted by Crippen LogP contribution is 2.21. The van der Waals surface area contributed by atoms with Crippen LogP contribution in [0.4, 0.5) is 4.39 Å². The molecule has 1 nitrogen and oxygen atoms in total. The number of hydrogen-bond acceptors (Lipinski definition) is 1. The van der Waals surface area contributed by atoms with Gasteiger partial charge in [-0.1, -0.05) is 55.5 Å². The summed E-state index contributed by atoms with van der Waals surface area (Å²) < 4.78 is 19.2. The summed E-state index contributed by atoms with van der Waals surface area (Å²) in [5, 5.41) is 0. The first-order chi connectivity index (χ1) is 9.27. The molecular formula is C17H19FO. The Bertz CT molecular complexity index is 496.